The molecule has 0 fully saturated rings. The zero-order valence-corrected chi connectivity index (χ0v) is 10.7. The number of esters is 1. The first kappa shape index (κ1) is 13.5. The van der Waals surface area contributed by atoms with Gasteiger partial charge in [-0.05, 0) is 30.2 Å². The maximum Gasteiger partial charge on any atom is 0.342 e. The van der Waals surface area contributed by atoms with Crippen molar-refractivity contribution in [3.8, 4) is 0 Å². The van der Waals surface area contributed by atoms with E-state index >= 15 is 0 Å². The predicted molar refractivity (Wildman–Crippen MR) is 68.0 cm³/mol. The van der Waals surface area contributed by atoms with Gasteiger partial charge in [0.15, 0.2) is 5.12 Å². The van der Waals surface area contributed by atoms with Crippen LogP contribution in [0.4, 0.5) is 0 Å². The van der Waals surface area contributed by atoms with Crippen LogP contribution in [0.15, 0.2) is 35.9 Å². The standard InChI is InChI=1S/C13H14O3S/c1-4-10-8-11(13(15)16-5-2)6-7-12(10)17-9(3)14/h5-8H,2,4H2,1,3H3. The van der Waals surface area contributed by atoms with E-state index < -0.39 is 5.97 Å². The van der Waals surface area contributed by atoms with E-state index in [0.29, 0.717) is 5.56 Å². The van der Waals surface area contributed by atoms with Crippen LogP contribution in [0.25, 0.3) is 0 Å². The van der Waals surface area contributed by atoms with Crippen LogP contribution in [0.5, 0.6) is 0 Å². The second-order valence-electron chi connectivity index (χ2n) is 3.34. The van der Waals surface area contributed by atoms with Crippen molar-refractivity contribution >= 4 is 22.8 Å². The quantitative estimate of drug-likeness (QED) is 0.467. The number of carbonyl (C=O) groups is 2. The summed E-state index contributed by atoms with van der Waals surface area (Å²) >= 11 is 1.17. The molecule has 0 amide bonds. The Bertz CT molecular complexity index is 452. The molecule has 0 N–H and O–H groups in total. The summed E-state index contributed by atoms with van der Waals surface area (Å²) in [6.07, 6.45) is 1.86. The molecule has 0 aliphatic carbocycles. The van der Waals surface area contributed by atoms with E-state index in [1.165, 1.54) is 18.7 Å². The fraction of sp³-hybridized carbons (Fsp3) is 0.231. The van der Waals surface area contributed by atoms with Gasteiger partial charge >= 0.3 is 5.97 Å². The smallest absolute Gasteiger partial charge is 0.342 e. The minimum absolute atomic E-state index is 0.0288. The van der Waals surface area contributed by atoms with Gasteiger partial charge in [0.25, 0.3) is 0 Å². The van der Waals surface area contributed by atoms with Crippen LogP contribution >= 0.6 is 11.8 Å². The van der Waals surface area contributed by atoms with Crippen LogP contribution in [-0.2, 0) is 16.0 Å². The molecule has 17 heavy (non-hydrogen) atoms. The van der Waals surface area contributed by atoms with Gasteiger partial charge < -0.3 is 4.74 Å². The Hall–Kier alpha value is -1.55. The van der Waals surface area contributed by atoms with E-state index in [9.17, 15) is 9.59 Å². The van der Waals surface area contributed by atoms with Gasteiger partial charge in [-0.2, -0.15) is 0 Å². The summed E-state index contributed by atoms with van der Waals surface area (Å²) in [6, 6.07) is 5.16. The summed E-state index contributed by atoms with van der Waals surface area (Å²) in [5, 5.41) is 0.0288. The lowest BCUT2D eigenvalue weighted by molar-refractivity contribution is -0.109. The van der Waals surface area contributed by atoms with Crippen LogP contribution < -0.4 is 0 Å². The first-order valence-corrected chi connectivity index (χ1v) is 6.03. The minimum Gasteiger partial charge on any atom is -0.432 e. The first-order valence-electron chi connectivity index (χ1n) is 5.21. The molecule has 0 bridgehead atoms. The van der Waals surface area contributed by atoms with Crippen molar-refractivity contribution in [2.24, 2.45) is 0 Å². The predicted octanol–water partition coefficient (Wildman–Crippen LogP) is 3.19. The fourth-order valence-electron chi connectivity index (χ4n) is 1.38. The van der Waals surface area contributed by atoms with Crippen LogP contribution in [-0.4, -0.2) is 11.1 Å². The van der Waals surface area contributed by atoms with Crippen LogP contribution in [0.3, 0.4) is 0 Å². The Kier molecular flexibility index (Phi) is 4.97. The van der Waals surface area contributed by atoms with E-state index in [-0.39, 0.29) is 5.12 Å². The molecule has 0 heterocycles. The molecule has 0 saturated carbocycles. The van der Waals surface area contributed by atoms with Gasteiger partial charge in [0, 0.05) is 11.8 Å². The third-order valence-corrected chi connectivity index (χ3v) is 3.03. The van der Waals surface area contributed by atoms with Gasteiger partial charge in [-0.3, -0.25) is 4.79 Å². The van der Waals surface area contributed by atoms with Gasteiger partial charge in [0.05, 0.1) is 11.8 Å². The highest BCUT2D eigenvalue weighted by molar-refractivity contribution is 8.13. The van der Waals surface area contributed by atoms with E-state index in [2.05, 4.69) is 6.58 Å². The molecule has 0 aliphatic rings. The summed E-state index contributed by atoms with van der Waals surface area (Å²) in [6.45, 7) is 6.83. The summed E-state index contributed by atoms with van der Waals surface area (Å²) in [5.74, 6) is -0.436. The molecule has 1 aromatic carbocycles. The van der Waals surface area contributed by atoms with Crippen molar-refractivity contribution < 1.29 is 14.3 Å². The lowest BCUT2D eigenvalue weighted by Gasteiger charge is -2.07. The fourth-order valence-corrected chi connectivity index (χ4v) is 2.16. The average molecular weight is 250 g/mol. The monoisotopic (exact) mass is 250 g/mol. The molecule has 0 atom stereocenters. The third-order valence-electron chi connectivity index (χ3n) is 2.12. The molecular formula is C13H14O3S. The van der Waals surface area contributed by atoms with Crippen molar-refractivity contribution in [2.75, 3.05) is 0 Å². The summed E-state index contributed by atoms with van der Waals surface area (Å²) < 4.78 is 4.70. The molecule has 1 aromatic rings. The number of benzene rings is 1. The van der Waals surface area contributed by atoms with Gasteiger partial charge in [-0.25, -0.2) is 4.79 Å². The van der Waals surface area contributed by atoms with Crippen molar-refractivity contribution in [3.05, 3.63) is 42.2 Å². The number of hydrogen-bond donors (Lipinski definition) is 0. The highest BCUT2D eigenvalue weighted by atomic mass is 32.2. The lowest BCUT2D eigenvalue weighted by Crippen LogP contribution is -2.02. The summed E-state index contributed by atoms with van der Waals surface area (Å²) in [4.78, 5) is 23.4. The molecule has 4 heteroatoms. The molecule has 0 aromatic heterocycles. The zero-order valence-electron chi connectivity index (χ0n) is 9.86. The Labute approximate surface area is 105 Å². The number of rotatable bonds is 4. The Balaban J connectivity index is 3.03. The zero-order chi connectivity index (χ0) is 12.8. The normalized spacial score (nSPS) is 9.76. The molecule has 0 radical (unpaired) electrons. The molecule has 0 spiro atoms. The second-order valence-corrected chi connectivity index (χ2v) is 4.56. The highest BCUT2D eigenvalue weighted by Crippen LogP contribution is 2.25. The molecule has 0 aliphatic heterocycles. The summed E-state index contributed by atoms with van der Waals surface area (Å²) in [5.41, 5.74) is 1.43. The highest BCUT2D eigenvalue weighted by Gasteiger charge is 2.10. The molecule has 1 rings (SSSR count). The number of hydrogen-bond acceptors (Lipinski definition) is 4. The topological polar surface area (TPSA) is 43.4 Å². The van der Waals surface area contributed by atoms with Gasteiger partial charge in [-0.15, -0.1) is 0 Å². The van der Waals surface area contributed by atoms with E-state index in [4.69, 9.17) is 4.74 Å². The summed E-state index contributed by atoms with van der Waals surface area (Å²) in [7, 11) is 0. The molecule has 90 valence electrons. The number of thioether (sulfide) groups is 1. The van der Waals surface area contributed by atoms with Crippen LogP contribution in [0, 0.1) is 0 Å². The molecule has 3 nitrogen and oxygen atoms in total. The molecular weight excluding hydrogens is 236 g/mol. The molecule has 0 unspecified atom stereocenters. The van der Waals surface area contributed by atoms with Crippen LogP contribution in [0.2, 0.25) is 0 Å². The van der Waals surface area contributed by atoms with Crippen molar-refractivity contribution in [3.63, 3.8) is 0 Å². The average Bonchev–Trinajstić information content (AvgIpc) is 2.29. The van der Waals surface area contributed by atoms with Crippen molar-refractivity contribution in [1.82, 2.24) is 0 Å². The van der Waals surface area contributed by atoms with Crippen molar-refractivity contribution in [1.29, 1.82) is 0 Å². The maximum absolute atomic E-state index is 11.5. The van der Waals surface area contributed by atoms with Crippen molar-refractivity contribution in [2.45, 2.75) is 25.2 Å². The maximum atomic E-state index is 11.5. The Morgan fingerprint density at radius 3 is 2.71 bits per heavy atom. The second kappa shape index (κ2) is 6.25. The van der Waals surface area contributed by atoms with E-state index in [1.807, 2.05) is 6.92 Å². The lowest BCUT2D eigenvalue weighted by atomic mass is 10.1. The minimum atomic E-state index is -0.436. The number of aryl methyl sites for hydroxylation is 1. The molecule has 0 saturated heterocycles. The largest absolute Gasteiger partial charge is 0.432 e. The SMILES string of the molecule is C=COC(=O)c1ccc(SC(C)=O)c(CC)c1. The van der Waals surface area contributed by atoms with Gasteiger partial charge in [-0.1, -0.05) is 25.3 Å². The van der Waals surface area contributed by atoms with E-state index in [1.54, 1.807) is 18.2 Å². The third kappa shape index (κ3) is 3.75. The van der Waals surface area contributed by atoms with Crippen LogP contribution in [0.1, 0.15) is 29.8 Å². The number of ether oxygens (including phenoxy) is 1. The number of carbonyl (C=O) groups excluding carboxylic acids is 2. The van der Waals surface area contributed by atoms with Gasteiger partial charge in [0.2, 0.25) is 0 Å². The Morgan fingerprint density at radius 1 is 1.47 bits per heavy atom. The first-order chi connectivity index (χ1) is 8.08. The van der Waals surface area contributed by atoms with E-state index in [0.717, 1.165) is 23.1 Å². The van der Waals surface area contributed by atoms with Gasteiger partial charge in [0.1, 0.15) is 0 Å². The Morgan fingerprint density at radius 2 is 2.18 bits per heavy atom.